The molecule has 3 aromatic rings. The zero-order chi connectivity index (χ0) is 18.0. The van der Waals surface area contributed by atoms with Crippen LogP contribution in [0.5, 0.6) is 0 Å². The molecule has 3 rings (SSSR count). The molecule has 1 heterocycles. The average molecular weight is 334 g/mol. The lowest BCUT2D eigenvalue weighted by atomic mass is 10.0. The number of aryl methyl sites for hydroxylation is 4. The van der Waals surface area contributed by atoms with E-state index in [4.69, 9.17) is 0 Å². The van der Waals surface area contributed by atoms with Gasteiger partial charge in [0.05, 0.1) is 5.52 Å². The Morgan fingerprint density at radius 1 is 1.04 bits per heavy atom. The molecule has 0 unspecified atom stereocenters. The molecule has 2 N–H and O–H groups in total. The Balaban J connectivity index is 1.76. The third-order valence-electron chi connectivity index (χ3n) is 4.67. The average Bonchev–Trinajstić information content (AvgIpc) is 2.59. The lowest BCUT2D eigenvalue weighted by Crippen LogP contribution is -2.17. The first-order valence-corrected chi connectivity index (χ1v) is 8.43. The zero-order valence-corrected chi connectivity index (χ0v) is 14.8. The van der Waals surface area contributed by atoms with Crippen molar-refractivity contribution in [1.82, 2.24) is 4.98 Å². The van der Waals surface area contributed by atoms with Crippen LogP contribution in [0.2, 0.25) is 0 Å². The smallest absolute Gasteiger partial charge is 0.251 e. The lowest BCUT2D eigenvalue weighted by molar-refractivity contribution is -0.116. The number of fused-ring (bicyclic) bond motifs is 1. The Morgan fingerprint density at radius 2 is 1.80 bits per heavy atom. The first-order chi connectivity index (χ1) is 12.0. The van der Waals surface area contributed by atoms with Gasteiger partial charge in [0.2, 0.25) is 5.91 Å². The van der Waals surface area contributed by atoms with Crippen LogP contribution in [0.4, 0.5) is 5.69 Å². The molecule has 0 aliphatic rings. The maximum absolute atomic E-state index is 12.3. The highest BCUT2D eigenvalue weighted by molar-refractivity contribution is 5.91. The van der Waals surface area contributed by atoms with Crippen molar-refractivity contribution in [2.45, 2.75) is 33.6 Å². The predicted molar refractivity (Wildman–Crippen MR) is 102 cm³/mol. The minimum absolute atomic E-state index is 0.0890. The van der Waals surface area contributed by atoms with E-state index in [1.54, 1.807) is 0 Å². The number of anilines is 1. The number of nitrogens with one attached hydrogen (secondary N) is 2. The number of carbonyl (C=O) groups is 1. The third-order valence-corrected chi connectivity index (χ3v) is 4.67. The number of aromatic nitrogens is 1. The normalized spacial score (nSPS) is 10.8. The SMILES string of the molecule is Cc1ccccc1NC(=O)CCc1cc2ccc(C)c(C)c2[nH]c1=O. The summed E-state index contributed by atoms with van der Waals surface area (Å²) in [5.41, 5.74) is 5.45. The first kappa shape index (κ1) is 17.0. The number of para-hydroxylation sites is 1. The Hall–Kier alpha value is -2.88. The summed E-state index contributed by atoms with van der Waals surface area (Å²) in [6.45, 7) is 5.98. The molecule has 1 amide bonds. The van der Waals surface area contributed by atoms with Gasteiger partial charge in [0.15, 0.2) is 0 Å². The van der Waals surface area contributed by atoms with Crippen LogP contribution >= 0.6 is 0 Å². The lowest BCUT2D eigenvalue weighted by Gasteiger charge is -2.09. The van der Waals surface area contributed by atoms with Crippen LogP contribution in [0.15, 0.2) is 47.3 Å². The number of pyridine rings is 1. The molecular weight excluding hydrogens is 312 g/mol. The second kappa shape index (κ2) is 6.93. The van der Waals surface area contributed by atoms with Crippen LogP contribution < -0.4 is 10.9 Å². The first-order valence-electron chi connectivity index (χ1n) is 8.43. The molecule has 0 aliphatic carbocycles. The Labute approximate surface area is 146 Å². The fraction of sp³-hybridized carbons (Fsp3) is 0.238. The monoisotopic (exact) mass is 334 g/mol. The Morgan fingerprint density at radius 3 is 2.56 bits per heavy atom. The summed E-state index contributed by atoms with van der Waals surface area (Å²) in [6, 6.07) is 13.6. The molecule has 0 atom stereocenters. The van der Waals surface area contributed by atoms with E-state index in [1.807, 2.05) is 63.2 Å². The van der Waals surface area contributed by atoms with Crippen molar-refractivity contribution in [2.75, 3.05) is 5.32 Å². The minimum atomic E-state index is -0.120. The van der Waals surface area contributed by atoms with Crippen molar-refractivity contribution in [1.29, 1.82) is 0 Å². The molecule has 0 bridgehead atoms. The summed E-state index contributed by atoms with van der Waals surface area (Å²) in [5.74, 6) is -0.0890. The summed E-state index contributed by atoms with van der Waals surface area (Å²) in [4.78, 5) is 27.5. The molecule has 25 heavy (non-hydrogen) atoms. The number of benzene rings is 2. The second-order valence-corrected chi connectivity index (χ2v) is 6.46. The van der Waals surface area contributed by atoms with Gasteiger partial charge < -0.3 is 10.3 Å². The molecule has 4 nitrogen and oxygen atoms in total. The van der Waals surface area contributed by atoms with Gasteiger partial charge >= 0.3 is 0 Å². The Bertz CT molecular complexity index is 1000. The molecule has 0 aliphatic heterocycles. The van der Waals surface area contributed by atoms with Crippen LogP contribution in [0.25, 0.3) is 10.9 Å². The van der Waals surface area contributed by atoms with E-state index in [2.05, 4.69) is 10.3 Å². The molecule has 0 spiro atoms. The Kier molecular flexibility index (Phi) is 4.70. The maximum atomic E-state index is 12.3. The summed E-state index contributed by atoms with van der Waals surface area (Å²) in [5, 5.41) is 3.90. The van der Waals surface area contributed by atoms with E-state index in [9.17, 15) is 9.59 Å². The van der Waals surface area contributed by atoms with E-state index in [0.717, 1.165) is 33.3 Å². The molecule has 0 radical (unpaired) electrons. The number of rotatable bonds is 4. The van der Waals surface area contributed by atoms with Crippen molar-refractivity contribution in [2.24, 2.45) is 0 Å². The van der Waals surface area contributed by atoms with Crippen molar-refractivity contribution in [3.05, 3.63) is 75.1 Å². The standard InChI is InChI=1S/C21H22N2O2/c1-13-8-9-16-12-17(21(25)23-20(16)15(13)3)10-11-19(24)22-18-7-5-4-6-14(18)2/h4-9,12H,10-11H2,1-3H3,(H,22,24)(H,23,25). The minimum Gasteiger partial charge on any atom is -0.326 e. The van der Waals surface area contributed by atoms with Crippen LogP contribution in [0.1, 0.15) is 28.7 Å². The molecular formula is C21H22N2O2. The van der Waals surface area contributed by atoms with Crippen LogP contribution in [0, 0.1) is 20.8 Å². The number of aromatic amines is 1. The fourth-order valence-electron chi connectivity index (χ4n) is 2.93. The van der Waals surface area contributed by atoms with E-state index in [1.165, 1.54) is 0 Å². The molecule has 4 heteroatoms. The summed E-state index contributed by atoms with van der Waals surface area (Å²) < 4.78 is 0. The highest BCUT2D eigenvalue weighted by atomic mass is 16.1. The number of carbonyl (C=O) groups excluding carboxylic acids is 1. The highest BCUT2D eigenvalue weighted by Gasteiger charge is 2.09. The number of H-pyrrole nitrogens is 1. The van der Waals surface area contributed by atoms with Gasteiger partial charge in [0.1, 0.15) is 0 Å². The molecule has 0 saturated carbocycles. The van der Waals surface area contributed by atoms with Gasteiger partial charge in [-0.15, -0.1) is 0 Å². The van der Waals surface area contributed by atoms with Crippen molar-refractivity contribution in [3.63, 3.8) is 0 Å². The van der Waals surface area contributed by atoms with E-state index < -0.39 is 0 Å². The quantitative estimate of drug-likeness (QED) is 0.757. The molecule has 2 aromatic carbocycles. The van der Waals surface area contributed by atoms with Gasteiger partial charge in [0.25, 0.3) is 5.56 Å². The largest absolute Gasteiger partial charge is 0.326 e. The summed E-state index contributed by atoms with van der Waals surface area (Å²) in [6.07, 6.45) is 0.684. The van der Waals surface area contributed by atoms with E-state index in [-0.39, 0.29) is 17.9 Å². The van der Waals surface area contributed by atoms with Crippen LogP contribution in [-0.4, -0.2) is 10.9 Å². The molecule has 128 valence electrons. The second-order valence-electron chi connectivity index (χ2n) is 6.46. The van der Waals surface area contributed by atoms with E-state index >= 15 is 0 Å². The third kappa shape index (κ3) is 3.63. The van der Waals surface area contributed by atoms with Crippen molar-refractivity contribution < 1.29 is 4.79 Å². The van der Waals surface area contributed by atoms with Gasteiger partial charge in [-0.2, -0.15) is 0 Å². The number of amides is 1. The van der Waals surface area contributed by atoms with Crippen molar-refractivity contribution >= 4 is 22.5 Å². The van der Waals surface area contributed by atoms with Gasteiger partial charge in [-0.1, -0.05) is 30.3 Å². The van der Waals surface area contributed by atoms with Gasteiger partial charge in [0, 0.05) is 17.7 Å². The summed E-state index contributed by atoms with van der Waals surface area (Å²) >= 11 is 0. The predicted octanol–water partition coefficient (Wildman–Crippen LogP) is 4.02. The van der Waals surface area contributed by atoms with Crippen LogP contribution in [0.3, 0.4) is 0 Å². The van der Waals surface area contributed by atoms with E-state index in [0.29, 0.717) is 12.0 Å². The topological polar surface area (TPSA) is 62.0 Å². The number of hydrogen-bond acceptors (Lipinski definition) is 2. The zero-order valence-electron chi connectivity index (χ0n) is 14.8. The molecule has 1 aromatic heterocycles. The molecule has 0 saturated heterocycles. The van der Waals surface area contributed by atoms with Crippen molar-refractivity contribution in [3.8, 4) is 0 Å². The molecule has 0 fully saturated rings. The van der Waals surface area contributed by atoms with Gasteiger partial charge in [-0.3, -0.25) is 9.59 Å². The maximum Gasteiger partial charge on any atom is 0.251 e. The van der Waals surface area contributed by atoms with Gasteiger partial charge in [-0.25, -0.2) is 0 Å². The number of hydrogen-bond donors (Lipinski definition) is 2. The summed E-state index contributed by atoms with van der Waals surface area (Å²) in [7, 11) is 0. The van der Waals surface area contributed by atoms with Gasteiger partial charge in [-0.05, 0) is 61.4 Å². The fourth-order valence-corrected chi connectivity index (χ4v) is 2.93. The highest BCUT2D eigenvalue weighted by Crippen LogP contribution is 2.19. The van der Waals surface area contributed by atoms with Crippen LogP contribution in [-0.2, 0) is 11.2 Å².